The SMILES string of the molecule is C=CC(=O)N1C[C@@H]2C[C@@H]2[C@H]1C. The van der Waals surface area contributed by atoms with Gasteiger partial charge in [-0.05, 0) is 31.3 Å². The van der Waals surface area contributed by atoms with Gasteiger partial charge < -0.3 is 4.90 Å². The Kier molecular flexibility index (Phi) is 1.31. The highest BCUT2D eigenvalue weighted by atomic mass is 16.2. The molecule has 1 aliphatic carbocycles. The van der Waals surface area contributed by atoms with Crippen LogP contribution in [0.3, 0.4) is 0 Å². The largest absolute Gasteiger partial charge is 0.336 e. The predicted molar refractivity (Wildman–Crippen MR) is 43.0 cm³/mol. The van der Waals surface area contributed by atoms with Crippen LogP contribution in [0.4, 0.5) is 0 Å². The summed E-state index contributed by atoms with van der Waals surface area (Å²) in [4.78, 5) is 13.1. The molecular formula is C9H13NO. The first-order chi connectivity index (χ1) is 5.24. The molecule has 0 N–H and O–H groups in total. The smallest absolute Gasteiger partial charge is 0.246 e. The topological polar surface area (TPSA) is 20.3 Å². The van der Waals surface area contributed by atoms with Crippen molar-refractivity contribution in [1.82, 2.24) is 4.90 Å². The quantitative estimate of drug-likeness (QED) is 0.513. The highest BCUT2D eigenvalue weighted by molar-refractivity contribution is 5.87. The van der Waals surface area contributed by atoms with Crippen LogP contribution >= 0.6 is 0 Å². The van der Waals surface area contributed by atoms with Gasteiger partial charge >= 0.3 is 0 Å². The molecule has 11 heavy (non-hydrogen) atoms. The van der Waals surface area contributed by atoms with E-state index in [1.54, 1.807) is 0 Å². The van der Waals surface area contributed by atoms with Gasteiger partial charge in [0.1, 0.15) is 0 Å². The van der Waals surface area contributed by atoms with Gasteiger partial charge in [0.15, 0.2) is 0 Å². The molecule has 0 unspecified atom stereocenters. The van der Waals surface area contributed by atoms with Crippen LogP contribution in [0.5, 0.6) is 0 Å². The first kappa shape index (κ1) is 6.89. The molecule has 0 aromatic carbocycles. The van der Waals surface area contributed by atoms with E-state index in [0.717, 1.165) is 18.4 Å². The lowest BCUT2D eigenvalue weighted by molar-refractivity contribution is -0.127. The maximum Gasteiger partial charge on any atom is 0.246 e. The molecule has 0 aromatic heterocycles. The van der Waals surface area contributed by atoms with E-state index in [1.165, 1.54) is 12.5 Å². The summed E-state index contributed by atoms with van der Waals surface area (Å²) in [5.74, 6) is 1.72. The average Bonchev–Trinajstić information content (AvgIpc) is 2.71. The molecule has 1 saturated heterocycles. The molecule has 1 saturated carbocycles. The molecule has 0 radical (unpaired) electrons. The minimum atomic E-state index is 0.102. The molecule has 2 nitrogen and oxygen atoms in total. The van der Waals surface area contributed by atoms with E-state index in [1.807, 2.05) is 4.90 Å². The number of hydrogen-bond donors (Lipinski definition) is 0. The first-order valence-corrected chi connectivity index (χ1v) is 4.17. The van der Waals surface area contributed by atoms with Crippen LogP contribution in [0, 0.1) is 11.8 Å². The van der Waals surface area contributed by atoms with E-state index in [4.69, 9.17) is 0 Å². The van der Waals surface area contributed by atoms with E-state index < -0.39 is 0 Å². The molecule has 0 bridgehead atoms. The number of carbonyl (C=O) groups excluding carboxylic acids is 1. The fourth-order valence-corrected chi connectivity index (χ4v) is 2.13. The van der Waals surface area contributed by atoms with E-state index >= 15 is 0 Å². The second-order valence-electron chi connectivity index (χ2n) is 3.59. The maximum absolute atomic E-state index is 11.2. The Labute approximate surface area is 66.9 Å². The number of hydrogen-bond acceptors (Lipinski definition) is 1. The summed E-state index contributed by atoms with van der Waals surface area (Å²) in [5.41, 5.74) is 0. The van der Waals surface area contributed by atoms with Crippen molar-refractivity contribution in [2.45, 2.75) is 19.4 Å². The van der Waals surface area contributed by atoms with Crippen LogP contribution in [0.1, 0.15) is 13.3 Å². The third-order valence-electron chi connectivity index (χ3n) is 2.98. The molecule has 2 heteroatoms. The normalized spacial score (nSPS) is 40.1. The Balaban J connectivity index is 2.06. The molecule has 60 valence electrons. The molecule has 3 atom stereocenters. The number of carbonyl (C=O) groups is 1. The second kappa shape index (κ2) is 2.10. The number of nitrogens with zero attached hydrogens (tertiary/aromatic N) is 1. The Morgan fingerprint density at radius 3 is 2.91 bits per heavy atom. The summed E-state index contributed by atoms with van der Waals surface area (Å²) < 4.78 is 0. The third-order valence-corrected chi connectivity index (χ3v) is 2.98. The predicted octanol–water partition coefficient (Wildman–Crippen LogP) is 1.04. The van der Waals surface area contributed by atoms with Crippen LogP contribution in [-0.4, -0.2) is 23.4 Å². The van der Waals surface area contributed by atoms with Crippen LogP contribution in [0.25, 0.3) is 0 Å². The number of amides is 1. The first-order valence-electron chi connectivity index (χ1n) is 4.17. The fourth-order valence-electron chi connectivity index (χ4n) is 2.13. The van der Waals surface area contributed by atoms with Crippen molar-refractivity contribution >= 4 is 5.91 Å². The highest BCUT2D eigenvalue weighted by Gasteiger charge is 2.51. The number of fused-ring (bicyclic) bond motifs is 1. The van der Waals surface area contributed by atoms with E-state index in [-0.39, 0.29) is 5.91 Å². The molecule has 2 fully saturated rings. The molecule has 1 heterocycles. The monoisotopic (exact) mass is 151 g/mol. The van der Waals surface area contributed by atoms with E-state index in [0.29, 0.717) is 6.04 Å². The lowest BCUT2D eigenvalue weighted by Gasteiger charge is -2.22. The summed E-state index contributed by atoms with van der Waals surface area (Å²) in [6.07, 6.45) is 2.75. The molecule has 0 aromatic rings. The zero-order valence-electron chi connectivity index (χ0n) is 6.79. The van der Waals surface area contributed by atoms with Gasteiger partial charge in [-0.25, -0.2) is 0 Å². The van der Waals surface area contributed by atoms with E-state index in [2.05, 4.69) is 13.5 Å². The van der Waals surface area contributed by atoms with Crippen molar-refractivity contribution in [3.63, 3.8) is 0 Å². The van der Waals surface area contributed by atoms with Gasteiger partial charge in [0.25, 0.3) is 0 Å². The fraction of sp³-hybridized carbons (Fsp3) is 0.667. The van der Waals surface area contributed by atoms with Crippen molar-refractivity contribution < 1.29 is 4.79 Å². The Morgan fingerprint density at radius 1 is 1.73 bits per heavy atom. The van der Waals surface area contributed by atoms with Crippen LogP contribution < -0.4 is 0 Å². The van der Waals surface area contributed by atoms with Gasteiger partial charge in [0, 0.05) is 12.6 Å². The average molecular weight is 151 g/mol. The summed E-state index contributed by atoms with van der Waals surface area (Å²) in [5, 5.41) is 0. The number of likely N-dealkylation sites (tertiary alicyclic amines) is 1. The van der Waals surface area contributed by atoms with Crippen molar-refractivity contribution in [3.8, 4) is 0 Å². The van der Waals surface area contributed by atoms with Crippen LogP contribution in [-0.2, 0) is 4.79 Å². The standard InChI is InChI=1S/C9H13NO/c1-3-9(11)10-5-7-4-8(7)6(10)2/h3,6-8H,1,4-5H2,2H3/t6-,7+,8-/m1/s1. The van der Waals surface area contributed by atoms with Gasteiger partial charge in [-0.1, -0.05) is 6.58 Å². The van der Waals surface area contributed by atoms with Gasteiger partial charge in [-0.15, -0.1) is 0 Å². The van der Waals surface area contributed by atoms with Gasteiger partial charge in [-0.2, -0.15) is 0 Å². The molecule has 2 rings (SSSR count). The molecule has 2 aliphatic rings. The maximum atomic E-state index is 11.2. The summed E-state index contributed by atoms with van der Waals surface area (Å²) in [6.45, 7) is 6.60. The minimum absolute atomic E-state index is 0.102. The van der Waals surface area contributed by atoms with Crippen LogP contribution in [0.2, 0.25) is 0 Å². The van der Waals surface area contributed by atoms with Crippen molar-refractivity contribution in [2.75, 3.05) is 6.54 Å². The number of rotatable bonds is 1. The van der Waals surface area contributed by atoms with Crippen molar-refractivity contribution in [2.24, 2.45) is 11.8 Å². The second-order valence-corrected chi connectivity index (χ2v) is 3.59. The lowest BCUT2D eigenvalue weighted by Crippen LogP contribution is -2.35. The number of piperidine rings is 1. The van der Waals surface area contributed by atoms with Crippen molar-refractivity contribution in [1.29, 1.82) is 0 Å². The highest BCUT2D eigenvalue weighted by Crippen LogP contribution is 2.49. The molecule has 1 aliphatic heterocycles. The van der Waals surface area contributed by atoms with Gasteiger partial charge in [0.05, 0.1) is 0 Å². The van der Waals surface area contributed by atoms with E-state index in [9.17, 15) is 4.79 Å². The molecule has 1 amide bonds. The van der Waals surface area contributed by atoms with Crippen molar-refractivity contribution in [3.05, 3.63) is 12.7 Å². The van der Waals surface area contributed by atoms with Gasteiger partial charge in [-0.3, -0.25) is 4.79 Å². The van der Waals surface area contributed by atoms with Crippen LogP contribution in [0.15, 0.2) is 12.7 Å². The van der Waals surface area contributed by atoms with Gasteiger partial charge in [0.2, 0.25) is 5.91 Å². The summed E-state index contributed by atoms with van der Waals surface area (Å²) in [7, 11) is 0. The Bertz CT molecular complexity index is 212. The zero-order valence-corrected chi connectivity index (χ0v) is 6.79. The third kappa shape index (κ3) is 0.889. The molecular weight excluding hydrogens is 138 g/mol. The Morgan fingerprint density at radius 2 is 2.45 bits per heavy atom. The molecule has 0 spiro atoms. The zero-order chi connectivity index (χ0) is 8.01. The lowest BCUT2D eigenvalue weighted by atomic mass is 10.2. The Hall–Kier alpha value is -0.790. The summed E-state index contributed by atoms with van der Waals surface area (Å²) >= 11 is 0. The summed E-state index contributed by atoms with van der Waals surface area (Å²) in [6, 6.07) is 0.463. The minimum Gasteiger partial charge on any atom is -0.336 e.